The van der Waals surface area contributed by atoms with Crippen LogP contribution in [0.25, 0.3) is 6.08 Å². The van der Waals surface area contributed by atoms with Crippen LogP contribution >= 0.6 is 0 Å². The molecule has 30 heavy (non-hydrogen) atoms. The fourth-order valence-corrected chi connectivity index (χ4v) is 5.19. The zero-order valence-corrected chi connectivity index (χ0v) is 18.4. The van der Waals surface area contributed by atoms with E-state index in [1.165, 1.54) is 6.08 Å². The van der Waals surface area contributed by atoms with Crippen LogP contribution in [0.1, 0.15) is 36.5 Å². The van der Waals surface area contributed by atoms with Crippen molar-refractivity contribution in [3.8, 4) is 5.75 Å². The second-order valence-corrected chi connectivity index (χ2v) is 9.99. The van der Waals surface area contributed by atoms with Crippen LogP contribution in [0.2, 0.25) is 0 Å². The van der Waals surface area contributed by atoms with Gasteiger partial charge in [0.2, 0.25) is 5.91 Å². The number of ether oxygens (including phenoxy) is 1. The van der Waals surface area contributed by atoms with Gasteiger partial charge in [-0.15, -0.1) is 0 Å². The van der Waals surface area contributed by atoms with E-state index in [0.29, 0.717) is 19.6 Å². The molecule has 0 aliphatic carbocycles. The molecule has 0 bridgehead atoms. The molecule has 2 aromatic rings. The third kappa shape index (κ3) is 6.20. The van der Waals surface area contributed by atoms with Crippen LogP contribution in [0, 0.1) is 6.92 Å². The number of benzene rings is 2. The lowest BCUT2D eigenvalue weighted by Crippen LogP contribution is -2.39. The van der Waals surface area contributed by atoms with E-state index in [0.717, 1.165) is 28.9 Å². The molecule has 2 aromatic carbocycles. The summed E-state index contributed by atoms with van der Waals surface area (Å²) in [5.74, 6) is 0.770. The Hall–Kier alpha value is -2.60. The Balaban J connectivity index is 1.76. The van der Waals surface area contributed by atoms with E-state index in [9.17, 15) is 13.2 Å². The minimum Gasteiger partial charge on any atom is -0.494 e. The van der Waals surface area contributed by atoms with Gasteiger partial charge in [-0.05, 0) is 49.1 Å². The molecule has 1 atom stereocenters. The van der Waals surface area contributed by atoms with Gasteiger partial charge in [-0.25, -0.2) is 8.42 Å². The van der Waals surface area contributed by atoms with Gasteiger partial charge in [-0.3, -0.25) is 4.79 Å². The van der Waals surface area contributed by atoms with Crippen molar-refractivity contribution in [2.75, 3.05) is 18.1 Å². The summed E-state index contributed by atoms with van der Waals surface area (Å²) in [5, 5.41) is 0. The molecule has 1 fully saturated rings. The number of nitrogens with zero attached hydrogens (tertiary/aromatic N) is 1. The lowest BCUT2D eigenvalue weighted by atomic mass is 10.1. The molecule has 0 radical (unpaired) electrons. The first kappa shape index (κ1) is 22.1. The van der Waals surface area contributed by atoms with Crippen molar-refractivity contribution in [2.45, 2.75) is 39.3 Å². The summed E-state index contributed by atoms with van der Waals surface area (Å²) >= 11 is 0. The molecule has 160 valence electrons. The van der Waals surface area contributed by atoms with E-state index in [-0.39, 0.29) is 23.5 Å². The van der Waals surface area contributed by atoms with Crippen molar-refractivity contribution in [1.82, 2.24) is 4.90 Å². The number of rotatable bonds is 8. The van der Waals surface area contributed by atoms with Gasteiger partial charge in [0.1, 0.15) is 5.75 Å². The van der Waals surface area contributed by atoms with Gasteiger partial charge < -0.3 is 9.64 Å². The highest BCUT2D eigenvalue weighted by Gasteiger charge is 2.34. The Kier molecular flexibility index (Phi) is 7.32. The smallest absolute Gasteiger partial charge is 0.247 e. The summed E-state index contributed by atoms with van der Waals surface area (Å²) in [6, 6.07) is 15.2. The van der Waals surface area contributed by atoms with Crippen LogP contribution in [0.4, 0.5) is 0 Å². The first-order valence-electron chi connectivity index (χ1n) is 10.3. The van der Waals surface area contributed by atoms with Gasteiger partial charge in [0.05, 0.1) is 18.1 Å². The first-order valence-corrected chi connectivity index (χ1v) is 12.2. The minimum absolute atomic E-state index is 0.0226. The maximum Gasteiger partial charge on any atom is 0.247 e. The normalized spacial score (nSPS) is 17.9. The van der Waals surface area contributed by atoms with Crippen molar-refractivity contribution in [3.63, 3.8) is 0 Å². The second-order valence-electron chi connectivity index (χ2n) is 7.76. The predicted molar refractivity (Wildman–Crippen MR) is 120 cm³/mol. The van der Waals surface area contributed by atoms with Crippen molar-refractivity contribution >= 4 is 21.8 Å². The summed E-state index contributed by atoms with van der Waals surface area (Å²) in [6.45, 7) is 5.09. The van der Waals surface area contributed by atoms with Crippen molar-refractivity contribution < 1.29 is 17.9 Å². The van der Waals surface area contributed by atoms with E-state index in [1.54, 1.807) is 11.0 Å². The summed E-state index contributed by atoms with van der Waals surface area (Å²) in [7, 11) is -3.09. The SMILES string of the molecule is CCCOc1ccc(CN(C(=O)/C=C/c2ccc(C)cc2)C2CCS(=O)(=O)C2)cc1. The Bertz CT molecular complexity index is 979. The van der Waals surface area contributed by atoms with Crippen LogP contribution in [-0.4, -0.2) is 43.4 Å². The molecule has 1 aliphatic heterocycles. The Labute approximate surface area is 179 Å². The van der Waals surface area contributed by atoms with Gasteiger partial charge >= 0.3 is 0 Å². The van der Waals surface area contributed by atoms with Crippen LogP contribution in [0.3, 0.4) is 0 Å². The van der Waals surface area contributed by atoms with Crippen LogP contribution in [0.5, 0.6) is 5.75 Å². The Morgan fingerprint density at radius 2 is 1.83 bits per heavy atom. The van der Waals surface area contributed by atoms with Gasteiger partial charge in [0.15, 0.2) is 9.84 Å². The number of hydrogen-bond acceptors (Lipinski definition) is 4. The molecule has 5 nitrogen and oxygen atoms in total. The second kappa shape index (κ2) is 9.94. The van der Waals surface area contributed by atoms with E-state index in [2.05, 4.69) is 6.92 Å². The van der Waals surface area contributed by atoms with Gasteiger partial charge in [0.25, 0.3) is 0 Å². The lowest BCUT2D eigenvalue weighted by Gasteiger charge is -2.27. The molecule has 1 saturated heterocycles. The van der Waals surface area contributed by atoms with Crippen molar-refractivity contribution in [1.29, 1.82) is 0 Å². The Morgan fingerprint density at radius 1 is 1.13 bits per heavy atom. The summed E-state index contributed by atoms with van der Waals surface area (Å²) in [5.41, 5.74) is 3.04. The van der Waals surface area contributed by atoms with Crippen LogP contribution in [0.15, 0.2) is 54.6 Å². The molecule has 1 unspecified atom stereocenters. The minimum atomic E-state index is -3.09. The summed E-state index contributed by atoms with van der Waals surface area (Å²) < 4.78 is 29.6. The number of hydrogen-bond donors (Lipinski definition) is 0. The summed E-state index contributed by atoms with van der Waals surface area (Å²) in [4.78, 5) is 14.7. The molecule has 0 N–H and O–H groups in total. The van der Waals surface area contributed by atoms with Crippen LogP contribution in [-0.2, 0) is 21.2 Å². The van der Waals surface area contributed by atoms with Crippen LogP contribution < -0.4 is 4.74 Å². The molecule has 1 heterocycles. The zero-order valence-electron chi connectivity index (χ0n) is 17.6. The topological polar surface area (TPSA) is 63.7 Å². The highest BCUT2D eigenvalue weighted by atomic mass is 32.2. The maximum atomic E-state index is 13.0. The fourth-order valence-electron chi connectivity index (χ4n) is 3.46. The molecule has 1 amide bonds. The number of carbonyl (C=O) groups excluding carboxylic acids is 1. The van der Waals surface area contributed by atoms with Gasteiger partial charge in [-0.1, -0.05) is 48.9 Å². The van der Waals surface area contributed by atoms with E-state index >= 15 is 0 Å². The largest absolute Gasteiger partial charge is 0.494 e. The standard InChI is InChI=1S/C24H29NO4S/c1-3-15-29-23-11-8-21(9-12-23)17-25(22-14-16-30(27,28)18-22)24(26)13-10-20-6-4-19(2)5-7-20/h4-13,22H,3,14-18H2,1-2H3/b13-10+. The van der Waals surface area contributed by atoms with Gasteiger partial charge in [-0.2, -0.15) is 0 Å². The van der Waals surface area contributed by atoms with Gasteiger partial charge in [0, 0.05) is 18.7 Å². The zero-order chi connectivity index (χ0) is 21.6. The molecular formula is C24H29NO4S. The fraction of sp³-hybridized carbons (Fsp3) is 0.375. The number of carbonyl (C=O) groups is 1. The lowest BCUT2D eigenvalue weighted by molar-refractivity contribution is -0.128. The van der Waals surface area contributed by atoms with Crippen molar-refractivity contribution in [2.24, 2.45) is 0 Å². The number of aryl methyl sites for hydroxylation is 1. The quantitative estimate of drug-likeness (QED) is 0.597. The monoisotopic (exact) mass is 427 g/mol. The highest BCUT2D eigenvalue weighted by molar-refractivity contribution is 7.91. The Morgan fingerprint density at radius 3 is 2.43 bits per heavy atom. The molecule has 6 heteroatoms. The number of sulfone groups is 1. The predicted octanol–water partition coefficient (Wildman–Crippen LogP) is 4.01. The van der Waals surface area contributed by atoms with E-state index in [1.807, 2.05) is 55.5 Å². The first-order chi connectivity index (χ1) is 14.4. The molecule has 3 rings (SSSR count). The average molecular weight is 428 g/mol. The average Bonchev–Trinajstić information content (AvgIpc) is 3.10. The molecule has 0 aromatic heterocycles. The maximum absolute atomic E-state index is 13.0. The molecular weight excluding hydrogens is 398 g/mol. The number of amides is 1. The summed E-state index contributed by atoms with van der Waals surface area (Å²) in [6.07, 6.45) is 4.73. The third-order valence-electron chi connectivity index (χ3n) is 5.18. The van der Waals surface area contributed by atoms with E-state index in [4.69, 9.17) is 4.74 Å². The molecule has 0 saturated carbocycles. The van der Waals surface area contributed by atoms with Crippen molar-refractivity contribution in [3.05, 3.63) is 71.3 Å². The van der Waals surface area contributed by atoms with E-state index < -0.39 is 9.84 Å². The molecule has 0 spiro atoms. The molecule has 1 aliphatic rings. The highest BCUT2D eigenvalue weighted by Crippen LogP contribution is 2.22. The third-order valence-corrected chi connectivity index (χ3v) is 6.93.